The normalized spacial score (nSPS) is 27.4. The van der Waals surface area contributed by atoms with E-state index in [4.69, 9.17) is 5.11 Å². The second-order valence-electron chi connectivity index (χ2n) is 3.60. The molecule has 0 aliphatic carbocycles. The van der Waals surface area contributed by atoms with Gasteiger partial charge in [-0.2, -0.15) is 11.3 Å². The molecule has 0 bridgehead atoms. The molecule has 2 atom stereocenters. The molecule has 0 spiro atoms. The highest BCUT2D eigenvalue weighted by atomic mass is 32.1. The Kier molecular flexibility index (Phi) is 2.84. The smallest absolute Gasteiger partial charge is 0.308 e. The van der Waals surface area contributed by atoms with Crippen molar-refractivity contribution in [3.8, 4) is 0 Å². The molecule has 76 valence electrons. The molecule has 2 rings (SSSR count). The summed E-state index contributed by atoms with van der Waals surface area (Å²) < 4.78 is 0. The number of carboxylic acids is 1. The van der Waals surface area contributed by atoms with E-state index in [1.54, 1.807) is 11.3 Å². The third-order valence-corrected chi connectivity index (χ3v) is 3.47. The van der Waals surface area contributed by atoms with Crippen LogP contribution < -0.4 is 5.32 Å². The number of aliphatic carboxylic acids is 1. The summed E-state index contributed by atoms with van der Waals surface area (Å²) in [7, 11) is 0. The van der Waals surface area contributed by atoms with Crippen molar-refractivity contribution in [3.63, 3.8) is 0 Å². The Morgan fingerprint density at radius 3 is 3.14 bits per heavy atom. The van der Waals surface area contributed by atoms with E-state index in [9.17, 15) is 4.79 Å². The van der Waals surface area contributed by atoms with Crippen LogP contribution in [-0.2, 0) is 4.79 Å². The van der Waals surface area contributed by atoms with E-state index in [1.807, 2.05) is 11.4 Å². The molecule has 1 aromatic heterocycles. The molecular formula is C10H13NO2S. The van der Waals surface area contributed by atoms with Crippen LogP contribution in [0.15, 0.2) is 16.8 Å². The van der Waals surface area contributed by atoms with E-state index < -0.39 is 5.97 Å². The highest BCUT2D eigenvalue weighted by Gasteiger charge is 2.31. The Balaban J connectivity index is 2.18. The summed E-state index contributed by atoms with van der Waals surface area (Å²) in [5.74, 6) is -0.758. The first-order valence-corrected chi connectivity index (χ1v) is 5.69. The molecule has 3 nitrogen and oxygen atoms in total. The Hall–Kier alpha value is -0.870. The highest BCUT2D eigenvalue weighted by Crippen LogP contribution is 2.31. The van der Waals surface area contributed by atoms with Crippen LogP contribution in [0.5, 0.6) is 0 Å². The van der Waals surface area contributed by atoms with Crippen molar-refractivity contribution in [2.45, 2.75) is 12.3 Å². The molecule has 2 N–H and O–H groups in total. The minimum absolute atomic E-state index is 0.194. The molecule has 1 aliphatic heterocycles. The molecule has 1 saturated heterocycles. The Labute approximate surface area is 86.8 Å². The minimum atomic E-state index is -0.687. The van der Waals surface area contributed by atoms with Crippen molar-refractivity contribution in [2.75, 3.05) is 13.1 Å². The number of thiophene rings is 1. The molecule has 0 amide bonds. The standard InChI is InChI=1S/C10H13NO2S/c12-10(13)9-5-11-3-1-8(9)7-2-4-14-6-7/h2,4,6,8-9,11H,1,3,5H2,(H,12,13). The molecule has 1 aromatic rings. The summed E-state index contributed by atoms with van der Waals surface area (Å²) >= 11 is 1.63. The van der Waals surface area contributed by atoms with Gasteiger partial charge in [0, 0.05) is 12.5 Å². The summed E-state index contributed by atoms with van der Waals surface area (Å²) in [6.07, 6.45) is 0.924. The van der Waals surface area contributed by atoms with Gasteiger partial charge in [-0.1, -0.05) is 0 Å². The Morgan fingerprint density at radius 2 is 2.50 bits per heavy atom. The molecule has 0 radical (unpaired) electrons. The molecule has 1 fully saturated rings. The van der Waals surface area contributed by atoms with Gasteiger partial charge in [0.1, 0.15) is 0 Å². The highest BCUT2D eigenvalue weighted by molar-refractivity contribution is 7.07. The van der Waals surface area contributed by atoms with E-state index in [0.29, 0.717) is 6.54 Å². The molecule has 0 aromatic carbocycles. The van der Waals surface area contributed by atoms with Gasteiger partial charge in [-0.3, -0.25) is 4.79 Å². The van der Waals surface area contributed by atoms with Crippen LogP contribution in [0.3, 0.4) is 0 Å². The van der Waals surface area contributed by atoms with Gasteiger partial charge < -0.3 is 10.4 Å². The third-order valence-electron chi connectivity index (χ3n) is 2.77. The molecule has 1 aliphatic rings. The van der Waals surface area contributed by atoms with Crippen molar-refractivity contribution in [1.29, 1.82) is 0 Å². The fourth-order valence-electron chi connectivity index (χ4n) is 2.00. The lowest BCUT2D eigenvalue weighted by Gasteiger charge is -2.28. The van der Waals surface area contributed by atoms with Crippen LogP contribution in [0.25, 0.3) is 0 Å². The molecule has 2 heterocycles. The van der Waals surface area contributed by atoms with Crippen LogP contribution in [0.4, 0.5) is 0 Å². The number of hydrogen-bond acceptors (Lipinski definition) is 3. The Bertz CT molecular complexity index is 310. The van der Waals surface area contributed by atoms with E-state index in [-0.39, 0.29) is 11.8 Å². The topological polar surface area (TPSA) is 49.3 Å². The van der Waals surface area contributed by atoms with Gasteiger partial charge in [-0.05, 0) is 35.4 Å². The number of rotatable bonds is 2. The van der Waals surface area contributed by atoms with E-state index in [2.05, 4.69) is 10.7 Å². The predicted octanol–water partition coefficient (Wildman–Crippen LogP) is 1.53. The predicted molar refractivity (Wildman–Crippen MR) is 55.7 cm³/mol. The van der Waals surface area contributed by atoms with Gasteiger partial charge in [0.05, 0.1) is 5.92 Å². The largest absolute Gasteiger partial charge is 0.481 e. The maximum Gasteiger partial charge on any atom is 0.308 e. The molecule has 4 heteroatoms. The van der Waals surface area contributed by atoms with Gasteiger partial charge in [0.15, 0.2) is 0 Å². The zero-order chi connectivity index (χ0) is 9.97. The van der Waals surface area contributed by atoms with Gasteiger partial charge in [0.25, 0.3) is 0 Å². The zero-order valence-corrected chi connectivity index (χ0v) is 8.59. The average Bonchev–Trinajstić information content (AvgIpc) is 2.70. The van der Waals surface area contributed by atoms with E-state index in [1.165, 1.54) is 5.56 Å². The van der Waals surface area contributed by atoms with Crippen molar-refractivity contribution in [1.82, 2.24) is 5.32 Å². The quantitative estimate of drug-likeness (QED) is 0.780. The van der Waals surface area contributed by atoms with Crippen LogP contribution in [-0.4, -0.2) is 24.2 Å². The van der Waals surface area contributed by atoms with Crippen LogP contribution in [0.1, 0.15) is 17.9 Å². The lowest BCUT2D eigenvalue weighted by Crippen LogP contribution is -2.39. The molecule has 2 unspecified atom stereocenters. The summed E-state index contributed by atoms with van der Waals surface area (Å²) in [6, 6.07) is 2.04. The summed E-state index contributed by atoms with van der Waals surface area (Å²) in [5, 5.41) is 16.3. The van der Waals surface area contributed by atoms with Crippen LogP contribution >= 0.6 is 11.3 Å². The van der Waals surface area contributed by atoms with Gasteiger partial charge in [0.2, 0.25) is 0 Å². The van der Waals surface area contributed by atoms with Crippen LogP contribution in [0.2, 0.25) is 0 Å². The van der Waals surface area contributed by atoms with Crippen LogP contribution in [0, 0.1) is 5.92 Å². The molecule has 0 saturated carbocycles. The van der Waals surface area contributed by atoms with Gasteiger partial charge >= 0.3 is 5.97 Å². The summed E-state index contributed by atoms with van der Waals surface area (Å²) in [4.78, 5) is 11.0. The monoisotopic (exact) mass is 211 g/mol. The lowest BCUT2D eigenvalue weighted by atomic mass is 9.82. The zero-order valence-electron chi connectivity index (χ0n) is 7.77. The lowest BCUT2D eigenvalue weighted by molar-refractivity contribution is -0.142. The second kappa shape index (κ2) is 4.11. The third kappa shape index (κ3) is 1.81. The van der Waals surface area contributed by atoms with Crippen molar-refractivity contribution >= 4 is 17.3 Å². The molecule has 14 heavy (non-hydrogen) atoms. The van der Waals surface area contributed by atoms with Crippen molar-refractivity contribution < 1.29 is 9.90 Å². The number of carboxylic acid groups (broad SMARTS) is 1. The van der Waals surface area contributed by atoms with Crippen molar-refractivity contribution in [3.05, 3.63) is 22.4 Å². The van der Waals surface area contributed by atoms with Gasteiger partial charge in [-0.15, -0.1) is 0 Å². The molecular weight excluding hydrogens is 198 g/mol. The number of nitrogens with one attached hydrogen (secondary N) is 1. The number of hydrogen-bond donors (Lipinski definition) is 2. The fourth-order valence-corrected chi connectivity index (χ4v) is 2.73. The van der Waals surface area contributed by atoms with Gasteiger partial charge in [-0.25, -0.2) is 0 Å². The summed E-state index contributed by atoms with van der Waals surface area (Å²) in [5.41, 5.74) is 1.18. The van der Waals surface area contributed by atoms with E-state index in [0.717, 1.165) is 13.0 Å². The first-order chi connectivity index (χ1) is 6.79. The second-order valence-corrected chi connectivity index (χ2v) is 4.38. The minimum Gasteiger partial charge on any atom is -0.481 e. The first kappa shape index (κ1) is 9.68. The van der Waals surface area contributed by atoms with E-state index >= 15 is 0 Å². The first-order valence-electron chi connectivity index (χ1n) is 4.74. The average molecular weight is 211 g/mol. The maximum absolute atomic E-state index is 11.0. The number of carbonyl (C=O) groups is 1. The SMILES string of the molecule is O=C(O)C1CNCCC1c1ccsc1. The number of piperidine rings is 1. The fraction of sp³-hybridized carbons (Fsp3) is 0.500. The summed E-state index contributed by atoms with van der Waals surface area (Å²) in [6.45, 7) is 1.51. The van der Waals surface area contributed by atoms with Crippen molar-refractivity contribution in [2.24, 2.45) is 5.92 Å². The Morgan fingerprint density at radius 1 is 1.64 bits per heavy atom. The maximum atomic E-state index is 11.0.